The predicted molar refractivity (Wildman–Crippen MR) is 134 cm³/mol. The van der Waals surface area contributed by atoms with E-state index in [1.165, 1.54) is 0 Å². The normalized spacial score (nSPS) is 15.8. The Kier molecular flexibility index (Phi) is 5.97. The second-order valence-electron chi connectivity index (χ2n) is 8.89. The fraction of sp³-hybridized carbons (Fsp3) is 0.286. The molecule has 1 saturated heterocycles. The molecule has 0 aliphatic carbocycles. The molecule has 2 heterocycles. The van der Waals surface area contributed by atoms with Gasteiger partial charge < -0.3 is 18.9 Å². The van der Waals surface area contributed by atoms with Crippen LogP contribution in [0.1, 0.15) is 29.3 Å². The third-order valence-corrected chi connectivity index (χ3v) is 6.34. The number of hydrogen-bond donors (Lipinski definition) is 0. The summed E-state index contributed by atoms with van der Waals surface area (Å²) in [5, 5.41) is 0. The van der Waals surface area contributed by atoms with E-state index < -0.39 is 0 Å². The van der Waals surface area contributed by atoms with E-state index in [0.29, 0.717) is 26.1 Å². The average molecular weight is 456 g/mol. The molecule has 0 unspecified atom stereocenters. The molecule has 6 heteroatoms. The lowest BCUT2D eigenvalue weighted by Crippen LogP contribution is -2.25. The third-order valence-electron chi connectivity index (χ3n) is 6.34. The summed E-state index contributed by atoms with van der Waals surface area (Å²) < 4.78 is 13.4. The van der Waals surface area contributed by atoms with Gasteiger partial charge in [-0.15, -0.1) is 0 Å². The lowest BCUT2D eigenvalue weighted by molar-refractivity contribution is -0.117. The zero-order valence-corrected chi connectivity index (χ0v) is 19.8. The number of rotatable bonds is 7. The number of methoxy groups -OCH3 is 1. The molecule has 1 atom stereocenters. The molecule has 1 aliphatic heterocycles. The molecule has 1 amide bonds. The summed E-state index contributed by atoms with van der Waals surface area (Å²) in [5.74, 6) is 2.71. The van der Waals surface area contributed by atoms with Gasteiger partial charge in [0.2, 0.25) is 5.91 Å². The van der Waals surface area contributed by atoms with Crippen LogP contribution in [0.25, 0.3) is 11.0 Å². The van der Waals surface area contributed by atoms with Crippen molar-refractivity contribution in [3.05, 3.63) is 83.7 Å². The lowest BCUT2D eigenvalue weighted by atomic mass is 10.1. The van der Waals surface area contributed by atoms with Crippen molar-refractivity contribution in [2.45, 2.75) is 32.7 Å². The Morgan fingerprint density at radius 2 is 1.68 bits per heavy atom. The van der Waals surface area contributed by atoms with Gasteiger partial charge in [-0.25, -0.2) is 4.98 Å². The third kappa shape index (κ3) is 4.36. The van der Waals surface area contributed by atoms with Crippen molar-refractivity contribution in [2.24, 2.45) is 0 Å². The number of hydrogen-bond acceptors (Lipinski definition) is 4. The maximum Gasteiger partial charge on any atom is 0.227 e. The van der Waals surface area contributed by atoms with Gasteiger partial charge in [0.05, 0.1) is 24.7 Å². The largest absolute Gasteiger partial charge is 0.497 e. The van der Waals surface area contributed by atoms with Gasteiger partial charge >= 0.3 is 0 Å². The molecule has 174 valence electrons. The van der Waals surface area contributed by atoms with Crippen molar-refractivity contribution >= 4 is 22.6 Å². The van der Waals surface area contributed by atoms with Crippen LogP contribution in [0.15, 0.2) is 66.7 Å². The monoisotopic (exact) mass is 455 g/mol. The Bertz CT molecular complexity index is 1310. The number of aryl methyl sites for hydroxylation is 2. The number of nitrogens with zero attached hydrogens (tertiary/aromatic N) is 3. The van der Waals surface area contributed by atoms with Crippen LogP contribution in [0, 0.1) is 13.8 Å². The number of carbonyl (C=O) groups is 1. The van der Waals surface area contributed by atoms with E-state index in [1.54, 1.807) is 7.11 Å². The van der Waals surface area contributed by atoms with Crippen LogP contribution in [0.2, 0.25) is 0 Å². The van der Waals surface area contributed by atoms with E-state index >= 15 is 0 Å². The van der Waals surface area contributed by atoms with Crippen molar-refractivity contribution in [1.29, 1.82) is 0 Å². The first-order chi connectivity index (χ1) is 16.5. The van der Waals surface area contributed by atoms with E-state index in [2.05, 4.69) is 42.7 Å². The Labute approximate surface area is 199 Å². The SMILES string of the molecule is COc1ccc(OCCn2c([C@@H]3CC(=O)N(c4cc(C)cc(C)c4)C3)nc3ccccc32)cc1. The van der Waals surface area contributed by atoms with Crippen molar-refractivity contribution in [1.82, 2.24) is 9.55 Å². The number of anilines is 1. The molecule has 3 aromatic carbocycles. The van der Waals surface area contributed by atoms with Crippen molar-refractivity contribution in [3.8, 4) is 11.5 Å². The van der Waals surface area contributed by atoms with Gasteiger partial charge in [0.15, 0.2) is 0 Å². The Morgan fingerprint density at radius 1 is 0.971 bits per heavy atom. The minimum absolute atomic E-state index is 0.0294. The van der Waals surface area contributed by atoms with Crippen molar-refractivity contribution in [2.75, 3.05) is 25.2 Å². The zero-order chi connectivity index (χ0) is 23.7. The summed E-state index contributed by atoms with van der Waals surface area (Å²) in [6.45, 7) is 5.91. The molecule has 5 rings (SSSR count). The molecule has 0 spiro atoms. The molecule has 4 aromatic rings. The van der Waals surface area contributed by atoms with Crippen LogP contribution in [0.3, 0.4) is 0 Å². The lowest BCUT2D eigenvalue weighted by Gasteiger charge is -2.19. The predicted octanol–water partition coefficient (Wildman–Crippen LogP) is 5.26. The van der Waals surface area contributed by atoms with E-state index in [1.807, 2.05) is 47.4 Å². The van der Waals surface area contributed by atoms with E-state index in [-0.39, 0.29) is 11.8 Å². The van der Waals surface area contributed by atoms with Gasteiger partial charge in [0.25, 0.3) is 0 Å². The Hall–Kier alpha value is -3.80. The number of ether oxygens (including phenoxy) is 2. The van der Waals surface area contributed by atoms with E-state index in [0.717, 1.165) is 45.2 Å². The van der Waals surface area contributed by atoms with Crippen molar-refractivity contribution in [3.63, 3.8) is 0 Å². The number of aromatic nitrogens is 2. The fourth-order valence-corrected chi connectivity index (χ4v) is 4.80. The zero-order valence-electron chi connectivity index (χ0n) is 19.8. The average Bonchev–Trinajstić information content (AvgIpc) is 3.39. The van der Waals surface area contributed by atoms with Crippen LogP contribution in [-0.4, -0.2) is 35.7 Å². The van der Waals surface area contributed by atoms with Crippen molar-refractivity contribution < 1.29 is 14.3 Å². The number of amides is 1. The summed E-state index contributed by atoms with van der Waals surface area (Å²) in [6.07, 6.45) is 0.454. The van der Waals surface area contributed by atoms with Crippen LogP contribution in [-0.2, 0) is 11.3 Å². The Balaban J connectivity index is 1.38. The van der Waals surface area contributed by atoms with E-state index in [4.69, 9.17) is 14.5 Å². The molecular weight excluding hydrogens is 426 g/mol. The highest BCUT2D eigenvalue weighted by Gasteiger charge is 2.35. The summed E-state index contributed by atoms with van der Waals surface area (Å²) in [6, 6.07) is 22.0. The molecule has 0 radical (unpaired) electrons. The minimum Gasteiger partial charge on any atom is -0.497 e. The molecule has 0 N–H and O–H groups in total. The second-order valence-corrected chi connectivity index (χ2v) is 8.89. The molecule has 1 fully saturated rings. The molecule has 34 heavy (non-hydrogen) atoms. The number of para-hydroxylation sites is 2. The second kappa shape index (κ2) is 9.21. The van der Waals surface area contributed by atoms with Gasteiger partial charge in [0, 0.05) is 24.6 Å². The standard InChI is InChI=1S/C28H29N3O3/c1-19-14-20(2)16-22(15-19)31-18-21(17-27(31)32)28-29-25-6-4-5-7-26(25)30(28)12-13-34-24-10-8-23(33-3)9-11-24/h4-11,14-16,21H,12-13,17-18H2,1-3H3/t21-/m1/s1. The highest BCUT2D eigenvalue weighted by Crippen LogP contribution is 2.34. The van der Waals surface area contributed by atoms with Gasteiger partial charge in [-0.05, 0) is 73.5 Å². The number of carbonyl (C=O) groups excluding carboxylic acids is 1. The van der Waals surface area contributed by atoms with Crippen LogP contribution < -0.4 is 14.4 Å². The highest BCUT2D eigenvalue weighted by molar-refractivity contribution is 5.96. The maximum atomic E-state index is 13.0. The summed E-state index contributed by atoms with van der Waals surface area (Å²) in [7, 11) is 1.65. The quantitative estimate of drug-likeness (QED) is 0.381. The summed E-state index contributed by atoms with van der Waals surface area (Å²) in [4.78, 5) is 19.9. The van der Waals surface area contributed by atoms with Crippen LogP contribution in [0.5, 0.6) is 11.5 Å². The Morgan fingerprint density at radius 3 is 2.41 bits per heavy atom. The summed E-state index contributed by atoms with van der Waals surface area (Å²) >= 11 is 0. The van der Waals surface area contributed by atoms with Gasteiger partial charge in [-0.2, -0.15) is 0 Å². The minimum atomic E-state index is 0.0294. The molecule has 0 bridgehead atoms. The van der Waals surface area contributed by atoms with Gasteiger partial charge in [-0.1, -0.05) is 18.2 Å². The summed E-state index contributed by atoms with van der Waals surface area (Å²) in [5.41, 5.74) is 5.30. The fourth-order valence-electron chi connectivity index (χ4n) is 4.80. The van der Waals surface area contributed by atoms with Gasteiger partial charge in [0.1, 0.15) is 23.9 Å². The first-order valence-electron chi connectivity index (χ1n) is 11.6. The first kappa shape index (κ1) is 22.0. The topological polar surface area (TPSA) is 56.6 Å². The molecular formula is C28H29N3O3. The molecule has 6 nitrogen and oxygen atoms in total. The van der Waals surface area contributed by atoms with Crippen LogP contribution in [0.4, 0.5) is 5.69 Å². The van der Waals surface area contributed by atoms with E-state index in [9.17, 15) is 4.79 Å². The first-order valence-corrected chi connectivity index (χ1v) is 11.6. The number of fused-ring (bicyclic) bond motifs is 1. The maximum absolute atomic E-state index is 13.0. The molecule has 0 saturated carbocycles. The molecule has 1 aliphatic rings. The van der Waals surface area contributed by atoms with Gasteiger partial charge in [-0.3, -0.25) is 4.79 Å². The highest BCUT2D eigenvalue weighted by atomic mass is 16.5. The van der Waals surface area contributed by atoms with Crippen LogP contribution >= 0.6 is 0 Å². The smallest absolute Gasteiger partial charge is 0.227 e. The number of benzene rings is 3. The number of imidazole rings is 1. The molecule has 1 aromatic heterocycles.